The summed E-state index contributed by atoms with van der Waals surface area (Å²) in [5.74, 6) is -0.215. The first-order valence-electron chi connectivity index (χ1n) is 9.26. The predicted molar refractivity (Wildman–Crippen MR) is 94.6 cm³/mol. The second-order valence-electron chi connectivity index (χ2n) is 7.41. The minimum absolute atomic E-state index is 0.141. The molecule has 0 aromatic heterocycles. The third kappa shape index (κ3) is 3.80. The van der Waals surface area contributed by atoms with Gasteiger partial charge in [-0.2, -0.15) is 0 Å². The SMILES string of the molecule is CC1CCN(C(=O)C(=O)NC(C)c2ccc3c(c2)CCCC3)CC1. The quantitative estimate of drug-likeness (QED) is 0.849. The third-order valence-corrected chi connectivity index (χ3v) is 5.49. The summed E-state index contributed by atoms with van der Waals surface area (Å²) >= 11 is 0. The number of hydrogen-bond donors (Lipinski definition) is 1. The van der Waals surface area contributed by atoms with Crippen molar-refractivity contribution in [3.63, 3.8) is 0 Å². The molecule has 2 amide bonds. The van der Waals surface area contributed by atoms with Crippen LogP contribution in [0.4, 0.5) is 0 Å². The van der Waals surface area contributed by atoms with Crippen LogP contribution < -0.4 is 5.32 Å². The van der Waals surface area contributed by atoms with Crippen LogP contribution in [0.3, 0.4) is 0 Å². The molecule has 1 unspecified atom stereocenters. The van der Waals surface area contributed by atoms with Crippen molar-refractivity contribution in [2.24, 2.45) is 5.92 Å². The predicted octanol–water partition coefficient (Wildman–Crippen LogP) is 3.00. The molecule has 1 fully saturated rings. The van der Waals surface area contributed by atoms with Crippen LogP contribution in [0.25, 0.3) is 0 Å². The largest absolute Gasteiger partial charge is 0.341 e. The zero-order valence-electron chi connectivity index (χ0n) is 14.8. The molecule has 0 saturated carbocycles. The molecular weight excluding hydrogens is 300 g/mol. The van der Waals surface area contributed by atoms with Crippen molar-refractivity contribution in [2.75, 3.05) is 13.1 Å². The molecule has 4 heteroatoms. The average Bonchev–Trinajstić information content (AvgIpc) is 2.61. The van der Waals surface area contributed by atoms with E-state index in [1.54, 1.807) is 4.90 Å². The molecule has 1 atom stereocenters. The number of aryl methyl sites for hydroxylation is 2. The number of amides is 2. The first-order chi connectivity index (χ1) is 11.5. The van der Waals surface area contributed by atoms with E-state index < -0.39 is 5.91 Å². The summed E-state index contributed by atoms with van der Waals surface area (Å²) in [5.41, 5.74) is 3.92. The third-order valence-electron chi connectivity index (χ3n) is 5.49. The number of fused-ring (bicyclic) bond motifs is 1. The number of rotatable bonds is 2. The Hall–Kier alpha value is -1.84. The van der Waals surface area contributed by atoms with Crippen molar-refractivity contribution in [3.8, 4) is 0 Å². The fourth-order valence-electron chi connectivity index (χ4n) is 3.72. The molecular formula is C20H28N2O2. The fraction of sp³-hybridized carbons (Fsp3) is 0.600. The average molecular weight is 328 g/mol. The van der Waals surface area contributed by atoms with E-state index in [1.807, 2.05) is 6.92 Å². The molecule has 1 aromatic carbocycles. The lowest BCUT2D eigenvalue weighted by Crippen LogP contribution is -2.46. The zero-order valence-corrected chi connectivity index (χ0v) is 14.8. The minimum Gasteiger partial charge on any atom is -0.341 e. The first-order valence-corrected chi connectivity index (χ1v) is 9.26. The standard InChI is InChI=1S/C20H28N2O2/c1-14-9-11-22(12-10-14)20(24)19(23)21-15(2)17-8-7-16-5-3-4-6-18(16)13-17/h7-8,13-15H,3-6,9-12H2,1-2H3,(H,21,23). The normalized spacial score (nSPS) is 19.5. The Kier molecular flexibility index (Phi) is 5.22. The summed E-state index contributed by atoms with van der Waals surface area (Å²) in [7, 11) is 0. The van der Waals surface area contributed by atoms with Gasteiger partial charge in [0.25, 0.3) is 0 Å². The van der Waals surface area contributed by atoms with Crippen LogP contribution in [0.15, 0.2) is 18.2 Å². The van der Waals surface area contributed by atoms with Gasteiger partial charge in [0, 0.05) is 13.1 Å². The number of likely N-dealkylation sites (tertiary alicyclic amines) is 1. The van der Waals surface area contributed by atoms with Crippen LogP contribution in [-0.2, 0) is 22.4 Å². The Labute approximate surface area is 144 Å². The zero-order chi connectivity index (χ0) is 17.1. The van der Waals surface area contributed by atoms with Gasteiger partial charge in [-0.25, -0.2) is 0 Å². The summed E-state index contributed by atoms with van der Waals surface area (Å²) < 4.78 is 0. The highest BCUT2D eigenvalue weighted by atomic mass is 16.2. The molecule has 1 aliphatic heterocycles. The van der Waals surface area contributed by atoms with Gasteiger partial charge in [-0.15, -0.1) is 0 Å². The molecule has 1 aliphatic carbocycles. The number of piperidine rings is 1. The van der Waals surface area contributed by atoms with Crippen LogP contribution in [0, 0.1) is 5.92 Å². The number of benzene rings is 1. The van der Waals surface area contributed by atoms with E-state index in [9.17, 15) is 9.59 Å². The number of nitrogens with one attached hydrogen (secondary N) is 1. The highest BCUT2D eigenvalue weighted by molar-refractivity contribution is 6.35. The molecule has 130 valence electrons. The Balaban J connectivity index is 1.60. The molecule has 1 saturated heterocycles. The maximum Gasteiger partial charge on any atom is 0.311 e. The second kappa shape index (κ2) is 7.37. The van der Waals surface area contributed by atoms with Crippen molar-refractivity contribution in [2.45, 2.75) is 58.4 Å². The van der Waals surface area contributed by atoms with Crippen molar-refractivity contribution < 1.29 is 9.59 Å². The second-order valence-corrected chi connectivity index (χ2v) is 7.41. The molecule has 4 nitrogen and oxygen atoms in total. The highest BCUT2D eigenvalue weighted by Gasteiger charge is 2.26. The topological polar surface area (TPSA) is 49.4 Å². The number of carbonyl (C=O) groups is 2. The fourth-order valence-corrected chi connectivity index (χ4v) is 3.72. The number of nitrogens with zero attached hydrogens (tertiary/aromatic N) is 1. The van der Waals surface area contributed by atoms with Crippen LogP contribution >= 0.6 is 0 Å². The van der Waals surface area contributed by atoms with Crippen LogP contribution in [0.5, 0.6) is 0 Å². The van der Waals surface area contributed by atoms with Gasteiger partial charge in [-0.3, -0.25) is 9.59 Å². The summed E-state index contributed by atoms with van der Waals surface area (Å²) in [6, 6.07) is 6.33. The summed E-state index contributed by atoms with van der Waals surface area (Å²) in [6.45, 7) is 5.54. The summed E-state index contributed by atoms with van der Waals surface area (Å²) in [5, 5.41) is 2.88. The van der Waals surface area contributed by atoms with Gasteiger partial charge in [-0.1, -0.05) is 25.1 Å². The molecule has 1 N–H and O–H groups in total. The van der Waals surface area contributed by atoms with E-state index in [-0.39, 0.29) is 11.9 Å². The van der Waals surface area contributed by atoms with E-state index >= 15 is 0 Å². The van der Waals surface area contributed by atoms with E-state index in [0.717, 1.165) is 31.2 Å². The van der Waals surface area contributed by atoms with Crippen molar-refractivity contribution in [3.05, 3.63) is 34.9 Å². The van der Waals surface area contributed by atoms with E-state index in [0.29, 0.717) is 19.0 Å². The molecule has 3 rings (SSSR count). The van der Waals surface area contributed by atoms with Gasteiger partial charge in [-0.05, 0) is 68.1 Å². The van der Waals surface area contributed by atoms with Gasteiger partial charge in [0.2, 0.25) is 0 Å². The van der Waals surface area contributed by atoms with Gasteiger partial charge >= 0.3 is 11.8 Å². The summed E-state index contributed by atoms with van der Waals surface area (Å²) in [4.78, 5) is 26.3. The Morgan fingerprint density at radius 2 is 1.79 bits per heavy atom. The minimum atomic E-state index is -0.477. The Morgan fingerprint density at radius 3 is 2.50 bits per heavy atom. The van der Waals surface area contributed by atoms with Gasteiger partial charge in [0.15, 0.2) is 0 Å². The van der Waals surface area contributed by atoms with Gasteiger partial charge in [0.1, 0.15) is 0 Å². The molecule has 2 aliphatic rings. The lowest BCUT2D eigenvalue weighted by atomic mass is 9.89. The molecule has 0 radical (unpaired) electrons. The number of hydrogen-bond acceptors (Lipinski definition) is 2. The van der Waals surface area contributed by atoms with E-state index in [1.165, 1.54) is 24.0 Å². The first kappa shape index (κ1) is 17.0. The summed E-state index contributed by atoms with van der Waals surface area (Å²) in [6.07, 6.45) is 6.75. The number of carbonyl (C=O) groups excluding carboxylic acids is 2. The maximum absolute atomic E-state index is 12.3. The molecule has 1 heterocycles. The van der Waals surface area contributed by atoms with E-state index in [2.05, 4.69) is 30.4 Å². The molecule has 0 bridgehead atoms. The van der Waals surface area contributed by atoms with Gasteiger partial charge in [0.05, 0.1) is 6.04 Å². The van der Waals surface area contributed by atoms with Gasteiger partial charge < -0.3 is 10.2 Å². The molecule has 1 aromatic rings. The smallest absolute Gasteiger partial charge is 0.311 e. The monoisotopic (exact) mass is 328 g/mol. The Morgan fingerprint density at radius 1 is 1.12 bits per heavy atom. The van der Waals surface area contributed by atoms with Crippen LogP contribution in [-0.4, -0.2) is 29.8 Å². The Bertz CT molecular complexity index is 618. The molecule has 24 heavy (non-hydrogen) atoms. The van der Waals surface area contributed by atoms with Crippen molar-refractivity contribution >= 4 is 11.8 Å². The highest BCUT2D eigenvalue weighted by Crippen LogP contribution is 2.25. The van der Waals surface area contributed by atoms with Crippen LogP contribution in [0.1, 0.15) is 62.3 Å². The van der Waals surface area contributed by atoms with E-state index in [4.69, 9.17) is 0 Å². The van der Waals surface area contributed by atoms with Crippen LogP contribution in [0.2, 0.25) is 0 Å². The molecule has 0 spiro atoms. The van der Waals surface area contributed by atoms with Crippen molar-refractivity contribution in [1.82, 2.24) is 10.2 Å². The lowest BCUT2D eigenvalue weighted by Gasteiger charge is -2.30. The lowest BCUT2D eigenvalue weighted by molar-refractivity contribution is -0.147. The maximum atomic E-state index is 12.3. The van der Waals surface area contributed by atoms with Crippen molar-refractivity contribution in [1.29, 1.82) is 0 Å².